The molecule has 0 bridgehead atoms. The van der Waals surface area contributed by atoms with Gasteiger partial charge in [-0.3, -0.25) is 9.59 Å². The normalized spacial score (nSPS) is 16.6. The number of nitrogens with one attached hydrogen (secondary N) is 2. The molecule has 1 aromatic rings. The van der Waals surface area contributed by atoms with Gasteiger partial charge in [-0.25, -0.2) is 0 Å². The third-order valence-electron chi connectivity index (χ3n) is 3.72. The van der Waals surface area contributed by atoms with Crippen molar-refractivity contribution >= 4 is 23.3 Å². The van der Waals surface area contributed by atoms with Gasteiger partial charge in [0.15, 0.2) is 5.71 Å². The lowest BCUT2D eigenvalue weighted by molar-refractivity contribution is -0.137. The summed E-state index contributed by atoms with van der Waals surface area (Å²) in [5.74, 6) is -1.05. The van der Waals surface area contributed by atoms with Crippen molar-refractivity contribution < 1.29 is 24.6 Å². The molecule has 2 aliphatic heterocycles. The van der Waals surface area contributed by atoms with Gasteiger partial charge in [0.05, 0.1) is 5.69 Å². The van der Waals surface area contributed by atoms with Crippen LogP contribution in [0.25, 0.3) is 0 Å². The molecule has 0 aliphatic carbocycles. The lowest BCUT2D eigenvalue weighted by Gasteiger charge is -2.19. The van der Waals surface area contributed by atoms with Gasteiger partial charge in [0.25, 0.3) is 5.91 Å². The van der Waals surface area contributed by atoms with Crippen LogP contribution in [0.2, 0.25) is 0 Å². The molecule has 1 aromatic carbocycles. The molecule has 0 radical (unpaired) electrons. The molecule has 2 heterocycles. The smallest absolute Gasteiger partial charge is 0.303 e. The summed E-state index contributed by atoms with van der Waals surface area (Å²) < 4.78 is 0. The molecule has 0 unspecified atom stereocenters. The Hall–Kier alpha value is -2.45. The van der Waals surface area contributed by atoms with E-state index < -0.39 is 5.97 Å². The Balaban J connectivity index is 0.000000256. The number of hydrogen-bond acceptors (Lipinski definition) is 6. The summed E-state index contributed by atoms with van der Waals surface area (Å²) in [6.45, 7) is 1.74. The van der Waals surface area contributed by atoms with Crippen LogP contribution in [0.1, 0.15) is 29.5 Å². The summed E-state index contributed by atoms with van der Waals surface area (Å²) in [6, 6.07) is 4.01. The highest BCUT2D eigenvalue weighted by Gasteiger charge is 2.30. The Bertz CT molecular complexity index is 657. The number of anilines is 1. The number of amides is 1. The fraction of sp³-hybridized carbons (Fsp3) is 0.438. The van der Waals surface area contributed by atoms with Crippen LogP contribution in [0, 0.1) is 0 Å². The second kappa shape index (κ2) is 8.42. The first kappa shape index (κ1) is 17.9. The first-order chi connectivity index (χ1) is 11.6. The maximum Gasteiger partial charge on any atom is 0.303 e. The van der Waals surface area contributed by atoms with Gasteiger partial charge in [-0.15, -0.1) is 0 Å². The molecule has 0 fully saturated rings. The molecular formula is C16H21N3O5. The van der Waals surface area contributed by atoms with Gasteiger partial charge in [0, 0.05) is 25.1 Å². The lowest BCUT2D eigenvalue weighted by Crippen LogP contribution is -2.24. The third-order valence-corrected chi connectivity index (χ3v) is 3.72. The molecule has 24 heavy (non-hydrogen) atoms. The number of carbonyl (C=O) groups excluding carboxylic acids is 1. The third kappa shape index (κ3) is 4.09. The topological polar surface area (TPSA) is 120 Å². The van der Waals surface area contributed by atoms with E-state index >= 15 is 0 Å². The monoisotopic (exact) mass is 335 g/mol. The summed E-state index contributed by atoms with van der Waals surface area (Å²) in [5.41, 5.74) is 4.54. The van der Waals surface area contributed by atoms with Crippen LogP contribution < -0.4 is 10.6 Å². The van der Waals surface area contributed by atoms with Crippen molar-refractivity contribution in [3.8, 4) is 0 Å². The summed E-state index contributed by atoms with van der Waals surface area (Å²) in [5, 5.41) is 25.9. The van der Waals surface area contributed by atoms with Crippen molar-refractivity contribution in [1.29, 1.82) is 0 Å². The van der Waals surface area contributed by atoms with Crippen molar-refractivity contribution in [3.05, 3.63) is 28.8 Å². The number of aliphatic hydroxyl groups excluding tert-OH is 1. The first-order valence-electron chi connectivity index (χ1n) is 7.69. The number of carboxylic acid groups (broad SMARTS) is 1. The minimum atomic E-state index is -0.853. The summed E-state index contributed by atoms with van der Waals surface area (Å²) in [4.78, 5) is 26.1. The van der Waals surface area contributed by atoms with E-state index in [-0.39, 0.29) is 18.9 Å². The molecule has 0 aromatic heterocycles. The molecule has 0 spiro atoms. The molecule has 130 valence electrons. The molecule has 8 nitrogen and oxygen atoms in total. The van der Waals surface area contributed by atoms with Crippen LogP contribution >= 0.6 is 0 Å². The SMILES string of the molecule is CO/N=C1/C(=O)Nc2c1ccc1c2CNCC1.O=C(O)CCCO. The largest absolute Gasteiger partial charge is 0.481 e. The Morgan fingerprint density at radius 3 is 2.83 bits per heavy atom. The summed E-state index contributed by atoms with van der Waals surface area (Å²) in [6.07, 6.45) is 1.42. The number of aliphatic hydroxyl groups is 1. The van der Waals surface area contributed by atoms with Gasteiger partial charge < -0.3 is 25.7 Å². The molecule has 3 rings (SSSR count). The molecule has 4 N–H and O–H groups in total. The molecule has 2 aliphatic rings. The van der Waals surface area contributed by atoms with Crippen molar-refractivity contribution in [2.75, 3.05) is 25.6 Å². The van der Waals surface area contributed by atoms with E-state index in [2.05, 4.69) is 21.9 Å². The van der Waals surface area contributed by atoms with Gasteiger partial charge in [0.1, 0.15) is 7.11 Å². The first-order valence-corrected chi connectivity index (χ1v) is 7.69. The Kier molecular flexibility index (Phi) is 6.28. The molecule has 0 saturated heterocycles. The van der Waals surface area contributed by atoms with Gasteiger partial charge in [-0.1, -0.05) is 17.3 Å². The zero-order valence-corrected chi connectivity index (χ0v) is 13.5. The Morgan fingerprint density at radius 2 is 2.21 bits per heavy atom. The van der Waals surface area contributed by atoms with Crippen molar-refractivity contribution in [3.63, 3.8) is 0 Å². The zero-order chi connectivity index (χ0) is 17.5. The fourth-order valence-corrected chi connectivity index (χ4v) is 2.61. The van der Waals surface area contributed by atoms with Crippen molar-refractivity contribution in [2.45, 2.75) is 25.8 Å². The maximum absolute atomic E-state index is 11.8. The number of carboxylic acids is 1. The van der Waals surface area contributed by atoms with Crippen molar-refractivity contribution in [1.82, 2.24) is 5.32 Å². The quantitative estimate of drug-likeness (QED) is 0.594. The zero-order valence-electron chi connectivity index (χ0n) is 13.5. The highest BCUT2D eigenvalue weighted by Crippen LogP contribution is 2.31. The number of benzene rings is 1. The standard InChI is InChI=1S/C12H13N3O2.C4H8O3/c1-17-15-11-8-3-2-7-4-5-13-6-9(7)10(8)14-12(11)16;5-3-1-2-4(6)7/h2-3,13H,4-6H2,1H3,(H,14,15,16);5H,1-3H2,(H,6,7). The van der Waals surface area contributed by atoms with Crippen LogP contribution in [0.15, 0.2) is 17.3 Å². The van der Waals surface area contributed by atoms with E-state index in [4.69, 9.17) is 15.1 Å². The van der Waals surface area contributed by atoms with Gasteiger partial charge in [-0.05, 0) is 30.5 Å². The molecular weight excluding hydrogens is 314 g/mol. The Labute approximate surface area is 139 Å². The van der Waals surface area contributed by atoms with E-state index in [9.17, 15) is 9.59 Å². The van der Waals surface area contributed by atoms with E-state index in [0.29, 0.717) is 12.1 Å². The number of rotatable bonds is 4. The summed E-state index contributed by atoms with van der Waals surface area (Å²) >= 11 is 0. The lowest BCUT2D eigenvalue weighted by atomic mass is 9.96. The average Bonchev–Trinajstić information content (AvgIpc) is 2.90. The second-order valence-electron chi connectivity index (χ2n) is 5.35. The molecule has 8 heteroatoms. The van der Waals surface area contributed by atoms with Gasteiger partial charge in [0.2, 0.25) is 0 Å². The van der Waals surface area contributed by atoms with E-state index in [1.165, 1.54) is 18.2 Å². The number of carbonyl (C=O) groups is 2. The van der Waals surface area contributed by atoms with Crippen LogP contribution in [0.5, 0.6) is 0 Å². The number of oxime groups is 1. The van der Waals surface area contributed by atoms with E-state index in [0.717, 1.165) is 30.8 Å². The maximum atomic E-state index is 11.8. The molecule has 1 amide bonds. The number of hydrogen-bond donors (Lipinski definition) is 4. The van der Waals surface area contributed by atoms with Gasteiger partial charge >= 0.3 is 5.97 Å². The number of aliphatic carboxylic acids is 1. The minimum Gasteiger partial charge on any atom is -0.481 e. The average molecular weight is 335 g/mol. The highest BCUT2D eigenvalue weighted by atomic mass is 16.6. The Morgan fingerprint density at radius 1 is 1.42 bits per heavy atom. The van der Waals surface area contributed by atoms with E-state index in [1.807, 2.05) is 6.07 Å². The van der Waals surface area contributed by atoms with E-state index in [1.54, 1.807) is 0 Å². The number of nitrogens with zero attached hydrogens (tertiary/aromatic N) is 1. The van der Waals surface area contributed by atoms with Gasteiger partial charge in [-0.2, -0.15) is 0 Å². The van der Waals surface area contributed by atoms with Crippen molar-refractivity contribution in [2.24, 2.45) is 5.16 Å². The molecule has 0 saturated carbocycles. The minimum absolute atomic E-state index is 0.0354. The number of fused-ring (bicyclic) bond motifs is 3. The summed E-state index contributed by atoms with van der Waals surface area (Å²) in [7, 11) is 1.44. The second-order valence-corrected chi connectivity index (χ2v) is 5.35. The fourth-order valence-electron chi connectivity index (χ4n) is 2.61. The highest BCUT2D eigenvalue weighted by molar-refractivity contribution is 6.53. The van der Waals surface area contributed by atoms with Crippen LogP contribution in [0.4, 0.5) is 5.69 Å². The van der Waals surface area contributed by atoms with Crippen LogP contribution in [0.3, 0.4) is 0 Å². The molecule has 0 atom stereocenters. The predicted molar refractivity (Wildman–Crippen MR) is 88.0 cm³/mol. The van der Waals surface area contributed by atoms with Crippen LogP contribution in [-0.4, -0.2) is 48.1 Å². The predicted octanol–water partition coefficient (Wildman–Crippen LogP) is 0.478. The van der Waals surface area contributed by atoms with Crippen LogP contribution in [-0.2, 0) is 27.4 Å².